The molecule has 1 saturated heterocycles. The van der Waals surface area contributed by atoms with Crippen molar-refractivity contribution in [2.75, 3.05) is 32.7 Å². The minimum atomic E-state index is -0.419. The van der Waals surface area contributed by atoms with Crippen LogP contribution in [0.4, 0.5) is 0 Å². The molecule has 1 fully saturated rings. The lowest BCUT2D eigenvalue weighted by molar-refractivity contribution is -0.119. The minimum Gasteiger partial charge on any atom is -0.388 e. The smallest absolute Gasteiger partial charge is 0.209 e. The maximum absolute atomic E-state index is 10.6. The van der Waals surface area contributed by atoms with Gasteiger partial charge in [-0.15, -0.1) is 0 Å². The first-order valence-corrected chi connectivity index (χ1v) is 7.33. The highest BCUT2D eigenvalue weighted by atomic mass is 79.9. The van der Waals surface area contributed by atoms with Crippen LogP contribution in [0, 0.1) is 0 Å². The van der Waals surface area contributed by atoms with Gasteiger partial charge in [0.1, 0.15) is 0 Å². The van der Waals surface area contributed by atoms with Gasteiger partial charge in [-0.1, -0.05) is 28.1 Å². The van der Waals surface area contributed by atoms with Gasteiger partial charge in [0.25, 0.3) is 0 Å². The molecule has 1 aromatic carbocycles. The Kier molecular flexibility index (Phi) is 5.36. The van der Waals surface area contributed by atoms with E-state index in [1.165, 1.54) is 0 Å². The molecular weight excluding hydrogens is 308 g/mol. The summed E-state index contributed by atoms with van der Waals surface area (Å²) in [7, 11) is 0. The average Bonchev–Trinajstić information content (AvgIpc) is 2.46. The number of benzene rings is 1. The molecule has 1 heterocycles. The molecule has 0 aromatic heterocycles. The lowest BCUT2D eigenvalue weighted by Gasteiger charge is -2.32. The van der Waals surface area contributed by atoms with E-state index >= 15 is 0 Å². The van der Waals surface area contributed by atoms with Crippen LogP contribution in [0.2, 0.25) is 0 Å². The van der Waals surface area contributed by atoms with Crippen molar-refractivity contribution < 1.29 is 9.90 Å². The van der Waals surface area contributed by atoms with Crippen molar-refractivity contribution in [3.8, 4) is 0 Å². The van der Waals surface area contributed by atoms with E-state index in [0.717, 1.165) is 55.6 Å². The molecular formula is C14H19BrN2O2. The molecule has 4 nitrogen and oxygen atoms in total. The van der Waals surface area contributed by atoms with E-state index in [-0.39, 0.29) is 0 Å². The third-order valence-corrected chi connectivity index (χ3v) is 4.06. The van der Waals surface area contributed by atoms with E-state index in [1.54, 1.807) is 4.90 Å². The normalized spacial score (nSPS) is 18.3. The standard InChI is InChI=1S/C14H19BrN2O2/c15-13-3-1-12(2-4-13)14(19)5-6-16-7-9-17(11-18)10-8-16/h1-4,11,14,19H,5-10H2. The number of halogens is 1. The van der Waals surface area contributed by atoms with E-state index < -0.39 is 6.10 Å². The zero-order valence-electron chi connectivity index (χ0n) is 10.8. The Hall–Kier alpha value is -0.910. The number of carbonyl (C=O) groups is 1. The fourth-order valence-corrected chi connectivity index (χ4v) is 2.51. The summed E-state index contributed by atoms with van der Waals surface area (Å²) in [5.74, 6) is 0. The Balaban J connectivity index is 1.76. The summed E-state index contributed by atoms with van der Waals surface area (Å²) in [6.07, 6.45) is 1.22. The summed E-state index contributed by atoms with van der Waals surface area (Å²) in [4.78, 5) is 14.7. The Bertz CT molecular complexity index is 402. The van der Waals surface area contributed by atoms with Gasteiger partial charge in [0.2, 0.25) is 6.41 Å². The predicted octanol–water partition coefficient (Wildman–Crippen LogP) is 1.65. The van der Waals surface area contributed by atoms with Gasteiger partial charge in [0.15, 0.2) is 0 Å². The van der Waals surface area contributed by atoms with E-state index in [4.69, 9.17) is 0 Å². The number of carbonyl (C=O) groups excluding carboxylic acids is 1. The number of aliphatic hydroxyl groups is 1. The quantitative estimate of drug-likeness (QED) is 0.837. The van der Waals surface area contributed by atoms with E-state index in [9.17, 15) is 9.90 Å². The number of nitrogens with zero attached hydrogens (tertiary/aromatic N) is 2. The van der Waals surface area contributed by atoms with Gasteiger partial charge < -0.3 is 10.0 Å². The number of hydrogen-bond acceptors (Lipinski definition) is 3. The van der Waals surface area contributed by atoms with Gasteiger partial charge in [-0.3, -0.25) is 9.69 Å². The molecule has 1 N–H and O–H groups in total. The third kappa shape index (κ3) is 4.30. The van der Waals surface area contributed by atoms with Crippen LogP contribution in [-0.4, -0.2) is 54.0 Å². The molecule has 0 aliphatic carbocycles. The number of rotatable bonds is 5. The van der Waals surface area contributed by atoms with Gasteiger partial charge in [0.05, 0.1) is 6.10 Å². The van der Waals surface area contributed by atoms with Gasteiger partial charge >= 0.3 is 0 Å². The zero-order valence-corrected chi connectivity index (χ0v) is 12.4. The van der Waals surface area contributed by atoms with Crippen LogP contribution >= 0.6 is 15.9 Å². The molecule has 0 radical (unpaired) electrons. The molecule has 1 aromatic rings. The topological polar surface area (TPSA) is 43.8 Å². The van der Waals surface area contributed by atoms with Crippen LogP contribution < -0.4 is 0 Å². The van der Waals surface area contributed by atoms with Crippen molar-refractivity contribution in [3.05, 3.63) is 34.3 Å². The molecule has 1 aliphatic rings. The number of amides is 1. The van der Waals surface area contributed by atoms with Crippen LogP contribution in [0.25, 0.3) is 0 Å². The summed E-state index contributed by atoms with van der Waals surface area (Å²) in [6, 6.07) is 7.78. The van der Waals surface area contributed by atoms with Crippen molar-refractivity contribution in [2.45, 2.75) is 12.5 Å². The highest BCUT2D eigenvalue weighted by Crippen LogP contribution is 2.19. The first-order valence-electron chi connectivity index (χ1n) is 6.54. The van der Waals surface area contributed by atoms with Gasteiger partial charge in [-0.05, 0) is 24.1 Å². The number of aliphatic hydroxyl groups excluding tert-OH is 1. The molecule has 1 unspecified atom stereocenters. The van der Waals surface area contributed by atoms with E-state index in [2.05, 4.69) is 20.8 Å². The fourth-order valence-electron chi connectivity index (χ4n) is 2.25. The first-order chi connectivity index (χ1) is 9.19. The summed E-state index contributed by atoms with van der Waals surface area (Å²) >= 11 is 3.39. The minimum absolute atomic E-state index is 0.419. The predicted molar refractivity (Wildman–Crippen MR) is 77.8 cm³/mol. The zero-order chi connectivity index (χ0) is 13.7. The molecule has 1 atom stereocenters. The molecule has 0 bridgehead atoms. The lowest BCUT2D eigenvalue weighted by atomic mass is 10.1. The Labute approximate surface area is 122 Å². The number of piperazine rings is 1. The molecule has 0 spiro atoms. The van der Waals surface area contributed by atoms with Crippen molar-refractivity contribution in [2.24, 2.45) is 0 Å². The Morgan fingerprint density at radius 2 is 1.84 bits per heavy atom. The maximum Gasteiger partial charge on any atom is 0.209 e. The second-order valence-electron chi connectivity index (χ2n) is 4.84. The van der Waals surface area contributed by atoms with Gasteiger partial charge in [0, 0.05) is 37.2 Å². The second-order valence-corrected chi connectivity index (χ2v) is 5.75. The van der Waals surface area contributed by atoms with Gasteiger partial charge in [-0.25, -0.2) is 0 Å². The molecule has 2 rings (SSSR count). The first kappa shape index (κ1) is 14.5. The van der Waals surface area contributed by atoms with Crippen LogP contribution in [0.1, 0.15) is 18.1 Å². The van der Waals surface area contributed by atoms with Gasteiger partial charge in [-0.2, -0.15) is 0 Å². The highest BCUT2D eigenvalue weighted by molar-refractivity contribution is 9.10. The molecule has 0 saturated carbocycles. The number of hydrogen-bond donors (Lipinski definition) is 1. The van der Waals surface area contributed by atoms with E-state index in [0.29, 0.717) is 0 Å². The Morgan fingerprint density at radius 3 is 2.42 bits per heavy atom. The van der Waals surface area contributed by atoms with Crippen LogP contribution in [0.5, 0.6) is 0 Å². The SMILES string of the molecule is O=CN1CCN(CCC(O)c2ccc(Br)cc2)CC1. The fraction of sp³-hybridized carbons (Fsp3) is 0.500. The lowest BCUT2D eigenvalue weighted by Crippen LogP contribution is -2.46. The van der Waals surface area contributed by atoms with E-state index in [1.807, 2.05) is 24.3 Å². The summed E-state index contributed by atoms with van der Waals surface area (Å²) in [5, 5.41) is 10.1. The van der Waals surface area contributed by atoms with Crippen LogP contribution in [0.15, 0.2) is 28.7 Å². The summed E-state index contributed by atoms with van der Waals surface area (Å²) in [6.45, 7) is 4.23. The largest absolute Gasteiger partial charge is 0.388 e. The third-order valence-electron chi connectivity index (χ3n) is 3.53. The molecule has 19 heavy (non-hydrogen) atoms. The molecule has 1 aliphatic heterocycles. The summed E-state index contributed by atoms with van der Waals surface area (Å²) < 4.78 is 1.02. The second kappa shape index (κ2) is 7.03. The average molecular weight is 327 g/mol. The maximum atomic E-state index is 10.6. The molecule has 1 amide bonds. The van der Waals surface area contributed by atoms with Crippen molar-refractivity contribution in [3.63, 3.8) is 0 Å². The Morgan fingerprint density at radius 1 is 1.21 bits per heavy atom. The van der Waals surface area contributed by atoms with Crippen molar-refractivity contribution in [1.29, 1.82) is 0 Å². The molecule has 104 valence electrons. The summed E-state index contributed by atoms with van der Waals surface area (Å²) in [5.41, 5.74) is 0.953. The highest BCUT2D eigenvalue weighted by Gasteiger charge is 2.16. The van der Waals surface area contributed by atoms with Crippen LogP contribution in [0.3, 0.4) is 0 Å². The monoisotopic (exact) mass is 326 g/mol. The van der Waals surface area contributed by atoms with Crippen molar-refractivity contribution >= 4 is 22.3 Å². The molecule has 5 heteroatoms. The van der Waals surface area contributed by atoms with Crippen molar-refractivity contribution in [1.82, 2.24) is 9.80 Å². The van der Waals surface area contributed by atoms with Crippen LogP contribution in [-0.2, 0) is 4.79 Å².